The zero-order chi connectivity index (χ0) is 19.1. The van der Waals surface area contributed by atoms with Crippen LogP contribution in [0.2, 0.25) is 0 Å². The van der Waals surface area contributed by atoms with Crippen molar-refractivity contribution >= 4 is 11.8 Å². The van der Waals surface area contributed by atoms with Crippen LogP contribution in [-0.4, -0.2) is 71.8 Å². The Bertz CT molecular complexity index is 462. The van der Waals surface area contributed by atoms with Crippen molar-refractivity contribution < 1.29 is 9.59 Å². The number of likely N-dealkylation sites (tertiary alicyclic amines) is 2. The van der Waals surface area contributed by atoms with Crippen LogP contribution >= 0.6 is 0 Å². The third kappa shape index (κ3) is 5.70. The summed E-state index contributed by atoms with van der Waals surface area (Å²) >= 11 is 0. The van der Waals surface area contributed by atoms with Gasteiger partial charge in [-0.3, -0.25) is 14.5 Å². The highest BCUT2D eigenvalue weighted by molar-refractivity contribution is 5.79. The number of hydrogen-bond donors (Lipinski definition) is 0. The number of piperidine rings is 1. The fourth-order valence-electron chi connectivity index (χ4n) is 4.37. The van der Waals surface area contributed by atoms with Gasteiger partial charge in [-0.1, -0.05) is 13.8 Å². The van der Waals surface area contributed by atoms with Gasteiger partial charge in [0.2, 0.25) is 11.8 Å². The maximum absolute atomic E-state index is 12.7. The summed E-state index contributed by atoms with van der Waals surface area (Å²) in [6.45, 7) is 13.9. The Balaban J connectivity index is 1.91. The first-order chi connectivity index (χ1) is 12.5. The number of rotatable bonds is 7. The summed E-state index contributed by atoms with van der Waals surface area (Å²) in [5, 5.41) is 0. The number of carbonyl (C=O) groups is 2. The molecule has 2 aliphatic rings. The summed E-state index contributed by atoms with van der Waals surface area (Å²) in [5.41, 5.74) is 0. The molecule has 2 atom stereocenters. The van der Waals surface area contributed by atoms with Crippen LogP contribution in [0.5, 0.6) is 0 Å². The molecule has 0 aromatic rings. The molecule has 2 unspecified atom stereocenters. The normalized spacial score (nSPS) is 25.4. The summed E-state index contributed by atoms with van der Waals surface area (Å²) < 4.78 is 0. The van der Waals surface area contributed by atoms with Gasteiger partial charge < -0.3 is 9.80 Å². The number of carbonyl (C=O) groups excluding carboxylic acids is 2. The van der Waals surface area contributed by atoms with Crippen molar-refractivity contribution in [3.63, 3.8) is 0 Å². The summed E-state index contributed by atoms with van der Waals surface area (Å²) in [7, 11) is 0. The fourth-order valence-corrected chi connectivity index (χ4v) is 4.37. The van der Waals surface area contributed by atoms with Crippen LogP contribution in [0.25, 0.3) is 0 Å². The van der Waals surface area contributed by atoms with Crippen LogP contribution in [0, 0.1) is 11.8 Å². The summed E-state index contributed by atoms with van der Waals surface area (Å²) in [6, 6.07) is 0.454. The first-order valence-electron chi connectivity index (χ1n) is 10.8. The van der Waals surface area contributed by atoms with Crippen molar-refractivity contribution in [3.05, 3.63) is 0 Å². The molecule has 0 N–H and O–H groups in total. The van der Waals surface area contributed by atoms with Crippen molar-refractivity contribution in [2.75, 3.05) is 39.3 Å². The van der Waals surface area contributed by atoms with Crippen LogP contribution in [0.1, 0.15) is 66.2 Å². The maximum Gasteiger partial charge on any atom is 0.226 e. The van der Waals surface area contributed by atoms with Gasteiger partial charge >= 0.3 is 0 Å². The Morgan fingerprint density at radius 1 is 1.15 bits per heavy atom. The molecule has 0 aromatic heterocycles. The molecular formula is C21H39N3O2. The molecule has 0 bridgehead atoms. The Morgan fingerprint density at radius 3 is 2.54 bits per heavy atom. The average molecular weight is 366 g/mol. The molecule has 0 radical (unpaired) electrons. The van der Waals surface area contributed by atoms with E-state index in [0.29, 0.717) is 30.2 Å². The van der Waals surface area contributed by atoms with E-state index in [9.17, 15) is 9.59 Å². The molecule has 2 aliphatic heterocycles. The Labute approximate surface area is 160 Å². The van der Waals surface area contributed by atoms with Crippen molar-refractivity contribution in [1.29, 1.82) is 0 Å². The van der Waals surface area contributed by atoms with E-state index in [4.69, 9.17) is 0 Å². The molecule has 5 heteroatoms. The number of amides is 2. The van der Waals surface area contributed by atoms with Crippen LogP contribution in [0.3, 0.4) is 0 Å². The quantitative estimate of drug-likeness (QED) is 0.697. The predicted molar refractivity (Wildman–Crippen MR) is 106 cm³/mol. The molecule has 0 aromatic carbocycles. The maximum atomic E-state index is 12.7. The minimum atomic E-state index is 0.139. The molecule has 150 valence electrons. The second-order valence-corrected chi connectivity index (χ2v) is 8.39. The van der Waals surface area contributed by atoms with E-state index in [0.717, 1.165) is 71.4 Å². The van der Waals surface area contributed by atoms with E-state index in [-0.39, 0.29) is 5.92 Å². The predicted octanol–water partition coefficient (Wildman–Crippen LogP) is 2.99. The van der Waals surface area contributed by atoms with Gasteiger partial charge in [0.15, 0.2) is 0 Å². The lowest BCUT2D eigenvalue weighted by Crippen LogP contribution is -2.48. The van der Waals surface area contributed by atoms with E-state index >= 15 is 0 Å². The smallest absolute Gasteiger partial charge is 0.226 e. The first kappa shape index (κ1) is 21.2. The van der Waals surface area contributed by atoms with Gasteiger partial charge in [-0.15, -0.1) is 0 Å². The van der Waals surface area contributed by atoms with Crippen LogP contribution < -0.4 is 0 Å². The molecule has 2 saturated heterocycles. The molecule has 26 heavy (non-hydrogen) atoms. The van der Waals surface area contributed by atoms with E-state index in [1.54, 1.807) is 0 Å². The first-order valence-corrected chi connectivity index (χ1v) is 10.8. The SMILES string of the molecule is CCN(CC)C(=O)C1CCCN(C2CCC(=O)N(CCC(C)C)CC2)C1. The lowest BCUT2D eigenvalue weighted by atomic mass is 9.93. The molecule has 2 amide bonds. The minimum Gasteiger partial charge on any atom is -0.343 e. The highest BCUT2D eigenvalue weighted by atomic mass is 16.2. The number of nitrogens with zero attached hydrogens (tertiary/aromatic N) is 3. The summed E-state index contributed by atoms with van der Waals surface area (Å²) in [5.74, 6) is 1.42. The molecule has 0 aliphatic carbocycles. The van der Waals surface area contributed by atoms with Gasteiger partial charge in [-0.2, -0.15) is 0 Å². The Hall–Kier alpha value is -1.10. The van der Waals surface area contributed by atoms with Gasteiger partial charge in [0.1, 0.15) is 0 Å². The van der Waals surface area contributed by atoms with Crippen molar-refractivity contribution in [3.8, 4) is 0 Å². The van der Waals surface area contributed by atoms with Gasteiger partial charge in [-0.05, 0) is 58.4 Å². The topological polar surface area (TPSA) is 43.9 Å². The van der Waals surface area contributed by atoms with Crippen molar-refractivity contribution in [1.82, 2.24) is 14.7 Å². The Kier molecular flexibility index (Phi) is 8.39. The molecule has 0 spiro atoms. The van der Waals surface area contributed by atoms with Gasteiger partial charge in [0, 0.05) is 45.2 Å². The monoisotopic (exact) mass is 365 g/mol. The molecular weight excluding hydrogens is 326 g/mol. The summed E-state index contributed by atoms with van der Waals surface area (Å²) in [6.07, 6.45) is 5.85. The standard InChI is InChI=1S/C21H39N3O2/c1-5-22(6-2)21(26)18-8-7-13-24(16-18)19-9-10-20(25)23(15-12-19)14-11-17(3)4/h17-19H,5-16H2,1-4H3. The zero-order valence-corrected chi connectivity index (χ0v) is 17.4. The second kappa shape index (κ2) is 10.3. The third-order valence-corrected chi connectivity index (χ3v) is 6.15. The fraction of sp³-hybridized carbons (Fsp3) is 0.905. The highest BCUT2D eigenvalue weighted by Crippen LogP contribution is 2.25. The lowest BCUT2D eigenvalue weighted by Gasteiger charge is -2.38. The van der Waals surface area contributed by atoms with E-state index in [1.807, 2.05) is 4.90 Å². The largest absolute Gasteiger partial charge is 0.343 e. The van der Waals surface area contributed by atoms with Gasteiger partial charge in [-0.25, -0.2) is 0 Å². The minimum absolute atomic E-state index is 0.139. The third-order valence-electron chi connectivity index (χ3n) is 6.15. The number of hydrogen-bond acceptors (Lipinski definition) is 3. The highest BCUT2D eigenvalue weighted by Gasteiger charge is 2.33. The van der Waals surface area contributed by atoms with Crippen LogP contribution in [0.4, 0.5) is 0 Å². The van der Waals surface area contributed by atoms with E-state index in [2.05, 4.69) is 37.5 Å². The average Bonchev–Trinajstić information content (AvgIpc) is 2.82. The summed E-state index contributed by atoms with van der Waals surface area (Å²) in [4.78, 5) is 31.7. The zero-order valence-electron chi connectivity index (χ0n) is 17.4. The van der Waals surface area contributed by atoms with Crippen LogP contribution in [0.15, 0.2) is 0 Å². The van der Waals surface area contributed by atoms with E-state index < -0.39 is 0 Å². The van der Waals surface area contributed by atoms with E-state index in [1.165, 1.54) is 0 Å². The van der Waals surface area contributed by atoms with Crippen LogP contribution in [-0.2, 0) is 9.59 Å². The molecule has 0 saturated carbocycles. The molecule has 2 rings (SSSR count). The molecule has 5 nitrogen and oxygen atoms in total. The molecule has 2 heterocycles. The van der Waals surface area contributed by atoms with Crippen molar-refractivity contribution in [2.45, 2.75) is 72.3 Å². The van der Waals surface area contributed by atoms with Gasteiger partial charge in [0.25, 0.3) is 0 Å². The van der Waals surface area contributed by atoms with Crippen molar-refractivity contribution in [2.24, 2.45) is 11.8 Å². The second-order valence-electron chi connectivity index (χ2n) is 8.39. The Morgan fingerprint density at radius 2 is 1.88 bits per heavy atom. The van der Waals surface area contributed by atoms with Gasteiger partial charge in [0.05, 0.1) is 5.92 Å². The lowest BCUT2D eigenvalue weighted by molar-refractivity contribution is -0.137. The molecule has 2 fully saturated rings.